The number of carbonyl (C=O) groups is 1. The van der Waals surface area contributed by atoms with Crippen LogP contribution in [0.1, 0.15) is 48.9 Å². The lowest BCUT2D eigenvalue weighted by molar-refractivity contribution is -0.144. The monoisotopic (exact) mass is 482 g/mol. The summed E-state index contributed by atoms with van der Waals surface area (Å²) in [5.41, 5.74) is 0.365. The molecule has 2 amide bonds. The first kappa shape index (κ1) is 21.7. The van der Waals surface area contributed by atoms with Gasteiger partial charge in [-0.1, -0.05) is 0 Å². The number of nitrogens with zero attached hydrogens (tertiary/aromatic N) is 5. The van der Waals surface area contributed by atoms with Crippen LogP contribution in [-0.2, 0) is 12.6 Å². The Morgan fingerprint density at radius 1 is 1.06 bits per heavy atom. The van der Waals surface area contributed by atoms with Gasteiger partial charge in [-0.25, -0.2) is 18.6 Å². The number of aromatic amines is 1. The maximum absolute atomic E-state index is 13.8. The Kier molecular flexibility index (Phi) is 4.54. The predicted molar refractivity (Wildman–Crippen MR) is 107 cm³/mol. The second-order valence-electron chi connectivity index (χ2n) is 10.7. The second-order valence-corrected chi connectivity index (χ2v) is 10.7. The van der Waals surface area contributed by atoms with Crippen molar-refractivity contribution in [2.75, 3.05) is 26.2 Å². The Hall–Kier alpha value is -2.79. The quantitative estimate of drug-likeness (QED) is 0.676. The number of hydrogen-bond acceptors (Lipinski definition) is 4. The third-order valence-electron chi connectivity index (χ3n) is 7.96. The lowest BCUT2D eigenvalue weighted by Crippen LogP contribution is -2.71. The number of likely N-dealkylation sites (tertiary alicyclic amines) is 2. The fourth-order valence-corrected chi connectivity index (χ4v) is 6.45. The molecule has 6 rings (SSSR count). The zero-order chi connectivity index (χ0) is 23.9. The van der Waals surface area contributed by atoms with Crippen molar-refractivity contribution in [3.8, 4) is 0 Å². The lowest BCUT2D eigenvalue weighted by atomic mass is 9.56. The average molecular weight is 482 g/mol. The van der Waals surface area contributed by atoms with Crippen molar-refractivity contribution in [3.63, 3.8) is 0 Å². The van der Waals surface area contributed by atoms with E-state index in [0.29, 0.717) is 45.4 Å². The maximum Gasteiger partial charge on any atom is 0.453 e. The molecular formula is C22H23F5N6O. The molecule has 2 saturated heterocycles. The highest BCUT2D eigenvalue weighted by atomic mass is 19.4. The minimum Gasteiger partial charge on any atom is -0.323 e. The van der Waals surface area contributed by atoms with Gasteiger partial charge in [-0.05, 0) is 38.0 Å². The summed E-state index contributed by atoms with van der Waals surface area (Å²) in [6.45, 7) is 2.60. The summed E-state index contributed by atoms with van der Waals surface area (Å²) >= 11 is 0. The molecule has 0 aromatic carbocycles. The van der Waals surface area contributed by atoms with Gasteiger partial charge in [0, 0.05) is 49.0 Å². The smallest absolute Gasteiger partial charge is 0.323 e. The third kappa shape index (κ3) is 3.52. The zero-order valence-electron chi connectivity index (χ0n) is 18.2. The van der Waals surface area contributed by atoms with Crippen LogP contribution in [0.4, 0.5) is 26.7 Å². The average Bonchev–Trinajstić information content (AvgIpc) is 3.12. The number of amides is 2. The molecular weight excluding hydrogens is 459 g/mol. The summed E-state index contributed by atoms with van der Waals surface area (Å²) in [7, 11) is 0. The number of carbonyl (C=O) groups excluding carboxylic acids is 1. The van der Waals surface area contributed by atoms with Crippen LogP contribution in [0.25, 0.3) is 0 Å². The molecule has 4 aliphatic rings. The van der Waals surface area contributed by atoms with E-state index in [1.54, 1.807) is 4.90 Å². The maximum atomic E-state index is 13.8. The standard InChI is InChI=1S/C22H23F5N6O/c23-14-2-15(24)16(28-7-14)1-12-3-20(4-12)8-32(9-20)19(34)33-10-21(11-33)5-13(6-21)17-29-18(31-30-17)22(25,26)27/h2,7,12-13H,1,3-6,8-11H2,(H,29,30,31). The largest absolute Gasteiger partial charge is 0.453 e. The summed E-state index contributed by atoms with van der Waals surface area (Å²) < 4.78 is 64.9. The molecule has 34 heavy (non-hydrogen) atoms. The molecule has 1 N–H and O–H groups in total. The molecule has 0 radical (unpaired) electrons. The minimum absolute atomic E-state index is 0.00780. The Morgan fingerprint density at radius 3 is 2.24 bits per heavy atom. The number of nitrogens with one attached hydrogen (secondary N) is 1. The van der Waals surface area contributed by atoms with Crippen molar-refractivity contribution < 1.29 is 26.7 Å². The number of pyridine rings is 1. The number of halogens is 5. The summed E-state index contributed by atoms with van der Waals surface area (Å²) in [5.74, 6) is -1.96. The van der Waals surface area contributed by atoms with Crippen molar-refractivity contribution in [2.24, 2.45) is 16.7 Å². The first-order valence-electron chi connectivity index (χ1n) is 11.4. The highest BCUT2D eigenvalue weighted by Gasteiger charge is 2.58. The van der Waals surface area contributed by atoms with Crippen LogP contribution < -0.4 is 0 Å². The SMILES string of the molecule is O=C(N1CC2(CC(Cc3ncc(F)cc3F)C2)C1)N1CC2(CC(c3nc(C(F)(F)F)n[nH]3)C2)C1. The molecule has 0 atom stereocenters. The number of alkyl halides is 3. The van der Waals surface area contributed by atoms with Crippen LogP contribution in [-0.4, -0.2) is 62.2 Å². The van der Waals surface area contributed by atoms with Gasteiger partial charge in [0.2, 0.25) is 0 Å². The van der Waals surface area contributed by atoms with Gasteiger partial charge in [-0.2, -0.15) is 13.2 Å². The van der Waals surface area contributed by atoms with E-state index in [-0.39, 0.29) is 40.2 Å². The van der Waals surface area contributed by atoms with Crippen LogP contribution in [0.15, 0.2) is 12.3 Å². The van der Waals surface area contributed by atoms with Gasteiger partial charge in [0.15, 0.2) is 0 Å². The van der Waals surface area contributed by atoms with E-state index in [1.807, 2.05) is 4.90 Å². The molecule has 2 aliphatic carbocycles. The second kappa shape index (κ2) is 7.11. The summed E-state index contributed by atoms with van der Waals surface area (Å²) in [6, 6.07) is 0.865. The number of rotatable bonds is 3. The normalized spacial score (nSPS) is 23.4. The van der Waals surface area contributed by atoms with E-state index < -0.39 is 23.6 Å². The minimum atomic E-state index is -4.56. The fraction of sp³-hybridized carbons (Fsp3) is 0.636. The molecule has 12 heteroatoms. The van der Waals surface area contributed by atoms with Crippen LogP contribution >= 0.6 is 0 Å². The van der Waals surface area contributed by atoms with Crippen molar-refractivity contribution in [1.29, 1.82) is 0 Å². The number of urea groups is 1. The van der Waals surface area contributed by atoms with Crippen LogP contribution in [0.2, 0.25) is 0 Å². The summed E-state index contributed by atoms with van der Waals surface area (Å²) in [4.78, 5) is 23.9. The van der Waals surface area contributed by atoms with Gasteiger partial charge in [0.25, 0.3) is 5.82 Å². The molecule has 4 fully saturated rings. The highest BCUT2D eigenvalue weighted by molar-refractivity contribution is 5.77. The first-order valence-corrected chi connectivity index (χ1v) is 11.4. The lowest BCUT2D eigenvalue weighted by Gasteiger charge is -2.63. The van der Waals surface area contributed by atoms with Gasteiger partial charge in [0.1, 0.15) is 17.5 Å². The molecule has 2 spiro atoms. The molecule has 2 aromatic heterocycles. The summed E-state index contributed by atoms with van der Waals surface area (Å²) in [5, 5.41) is 5.67. The highest BCUT2D eigenvalue weighted by Crippen LogP contribution is 2.57. The van der Waals surface area contributed by atoms with E-state index >= 15 is 0 Å². The zero-order valence-corrected chi connectivity index (χ0v) is 18.2. The van der Waals surface area contributed by atoms with Crippen molar-refractivity contribution in [2.45, 2.75) is 44.2 Å². The Balaban J connectivity index is 0.938. The number of hydrogen-bond donors (Lipinski definition) is 1. The number of H-pyrrole nitrogens is 1. The molecule has 2 aromatic rings. The Morgan fingerprint density at radius 2 is 1.68 bits per heavy atom. The van der Waals surface area contributed by atoms with Gasteiger partial charge in [-0.15, -0.1) is 5.10 Å². The van der Waals surface area contributed by atoms with E-state index in [4.69, 9.17) is 0 Å². The van der Waals surface area contributed by atoms with Crippen LogP contribution in [0, 0.1) is 28.4 Å². The van der Waals surface area contributed by atoms with E-state index in [1.165, 1.54) is 0 Å². The van der Waals surface area contributed by atoms with Gasteiger partial charge >= 0.3 is 12.2 Å². The van der Waals surface area contributed by atoms with Gasteiger partial charge in [0.05, 0.1) is 11.9 Å². The molecule has 0 bridgehead atoms. The molecule has 2 saturated carbocycles. The predicted octanol–water partition coefficient (Wildman–Crippen LogP) is 3.75. The third-order valence-corrected chi connectivity index (χ3v) is 7.96. The van der Waals surface area contributed by atoms with Crippen molar-refractivity contribution in [1.82, 2.24) is 30.0 Å². The molecule has 182 valence electrons. The van der Waals surface area contributed by atoms with Crippen molar-refractivity contribution >= 4 is 6.03 Å². The van der Waals surface area contributed by atoms with Crippen molar-refractivity contribution in [3.05, 3.63) is 41.2 Å². The first-order chi connectivity index (χ1) is 16.0. The number of aromatic nitrogens is 4. The van der Waals surface area contributed by atoms with Gasteiger partial charge in [-0.3, -0.25) is 10.1 Å². The Labute approximate surface area is 191 Å². The molecule has 4 heterocycles. The summed E-state index contributed by atoms with van der Waals surface area (Å²) in [6.07, 6.45) is 0.153. The van der Waals surface area contributed by atoms with Crippen LogP contribution in [0.5, 0.6) is 0 Å². The van der Waals surface area contributed by atoms with E-state index in [9.17, 15) is 26.7 Å². The Bertz CT molecular complexity index is 1120. The molecule has 2 aliphatic heterocycles. The molecule has 7 nitrogen and oxygen atoms in total. The topological polar surface area (TPSA) is 78.0 Å². The molecule has 0 unspecified atom stereocenters. The van der Waals surface area contributed by atoms with Gasteiger partial charge < -0.3 is 9.80 Å². The van der Waals surface area contributed by atoms with E-state index in [2.05, 4.69) is 20.2 Å². The van der Waals surface area contributed by atoms with Crippen LogP contribution in [0.3, 0.4) is 0 Å². The van der Waals surface area contributed by atoms with E-state index in [0.717, 1.165) is 25.1 Å². The fourth-order valence-electron chi connectivity index (χ4n) is 6.45.